The Bertz CT molecular complexity index is 914. The van der Waals surface area contributed by atoms with E-state index in [0.717, 1.165) is 6.42 Å². The van der Waals surface area contributed by atoms with E-state index in [0.29, 0.717) is 28.8 Å². The minimum atomic E-state index is -3.69. The lowest BCUT2D eigenvalue weighted by molar-refractivity contribution is 0.102. The fraction of sp³-hybridized carbons (Fsp3) is 0.316. The zero-order valence-corrected chi connectivity index (χ0v) is 17.0. The number of hydrogen-bond donors (Lipinski definition) is 2. The van der Waals surface area contributed by atoms with Gasteiger partial charge in [0.1, 0.15) is 5.75 Å². The van der Waals surface area contributed by atoms with Gasteiger partial charge in [-0.2, -0.15) is 0 Å². The van der Waals surface area contributed by atoms with Crippen molar-refractivity contribution in [3.05, 3.63) is 53.1 Å². The van der Waals surface area contributed by atoms with E-state index in [4.69, 9.17) is 16.3 Å². The van der Waals surface area contributed by atoms with Gasteiger partial charge >= 0.3 is 0 Å². The Morgan fingerprint density at radius 1 is 1.19 bits per heavy atom. The summed E-state index contributed by atoms with van der Waals surface area (Å²) in [5.74, 6) is 0.320. The van der Waals surface area contributed by atoms with Crippen LogP contribution >= 0.6 is 11.6 Å². The van der Waals surface area contributed by atoms with E-state index in [1.807, 2.05) is 13.8 Å². The van der Waals surface area contributed by atoms with Gasteiger partial charge < -0.3 is 10.1 Å². The lowest BCUT2D eigenvalue weighted by atomic mass is 10.1. The second-order valence-corrected chi connectivity index (χ2v) is 8.61. The van der Waals surface area contributed by atoms with Crippen LogP contribution in [0.25, 0.3) is 0 Å². The van der Waals surface area contributed by atoms with Crippen LogP contribution in [0.3, 0.4) is 0 Å². The predicted octanol–water partition coefficient (Wildman–Crippen LogP) is 3.93. The van der Waals surface area contributed by atoms with Gasteiger partial charge in [-0.05, 0) is 48.7 Å². The first-order valence-corrected chi connectivity index (χ1v) is 10.3. The van der Waals surface area contributed by atoms with E-state index < -0.39 is 15.9 Å². The quantitative estimate of drug-likeness (QED) is 0.690. The number of anilines is 1. The monoisotopic (exact) mass is 410 g/mol. The summed E-state index contributed by atoms with van der Waals surface area (Å²) in [6, 6.07) is 10.8. The number of sulfonamides is 1. The van der Waals surface area contributed by atoms with Crippen molar-refractivity contribution >= 4 is 33.2 Å². The third-order valence-corrected chi connectivity index (χ3v) is 5.52. The van der Waals surface area contributed by atoms with Gasteiger partial charge in [0, 0.05) is 17.1 Å². The van der Waals surface area contributed by atoms with Gasteiger partial charge in [-0.15, -0.1) is 0 Å². The Labute approximate surface area is 164 Å². The number of halogens is 1. The minimum absolute atomic E-state index is 0.0495. The van der Waals surface area contributed by atoms with Crippen LogP contribution < -0.4 is 14.8 Å². The predicted molar refractivity (Wildman–Crippen MR) is 107 cm³/mol. The minimum Gasteiger partial charge on any atom is -0.495 e. The van der Waals surface area contributed by atoms with E-state index in [9.17, 15) is 13.2 Å². The number of amides is 1. The fourth-order valence-corrected chi connectivity index (χ4v) is 3.61. The Balaban J connectivity index is 2.25. The van der Waals surface area contributed by atoms with E-state index >= 15 is 0 Å². The topological polar surface area (TPSA) is 84.5 Å². The van der Waals surface area contributed by atoms with Crippen molar-refractivity contribution in [1.82, 2.24) is 4.72 Å². The van der Waals surface area contributed by atoms with Gasteiger partial charge in [0.2, 0.25) is 10.0 Å². The maximum absolute atomic E-state index is 12.5. The highest BCUT2D eigenvalue weighted by atomic mass is 35.5. The SMILES string of the molecule is COc1ccc(S(=O)(=O)NCCC(C)C)cc1NC(=O)c1cccc(Cl)c1. The molecule has 1 amide bonds. The summed E-state index contributed by atoms with van der Waals surface area (Å²) in [5, 5.41) is 3.11. The van der Waals surface area contributed by atoms with Gasteiger partial charge in [0.05, 0.1) is 17.7 Å². The number of ether oxygens (including phenoxy) is 1. The molecule has 0 aliphatic carbocycles. The third-order valence-electron chi connectivity index (χ3n) is 3.83. The van der Waals surface area contributed by atoms with Crippen LogP contribution in [0.15, 0.2) is 47.4 Å². The highest BCUT2D eigenvalue weighted by Crippen LogP contribution is 2.28. The molecule has 0 saturated carbocycles. The zero-order valence-electron chi connectivity index (χ0n) is 15.5. The largest absolute Gasteiger partial charge is 0.495 e. The maximum Gasteiger partial charge on any atom is 0.255 e. The first-order valence-electron chi connectivity index (χ1n) is 8.47. The van der Waals surface area contributed by atoms with Crippen LogP contribution in [0, 0.1) is 5.92 Å². The van der Waals surface area contributed by atoms with Crippen molar-refractivity contribution in [3.8, 4) is 5.75 Å². The summed E-state index contributed by atoms with van der Waals surface area (Å²) < 4.78 is 32.8. The molecule has 146 valence electrons. The van der Waals surface area contributed by atoms with Crippen LogP contribution in [0.2, 0.25) is 5.02 Å². The molecule has 0 aliphatic heterocycles. The van der Waals surface area contributed by atoms with Crippen molar-refractivity contribution in [1.29, 1.82) is 0 Å². The summed E-state index contributed by atoms with van der Waals surface area (Å²) in [7, 11) is -2.24. The Morgan fingerprint density at radius 3 is 2.56 bits per heavy atom. The van der Waals surface area contributed by atoms with E-state index in [1.165, 1.54) is 31.4 Å². The average molecular weight is 411 g/mol. The molecule has 6 nitrogen and oxygen atoms in total. The third kappa shape index (κ3) is 5.95. The summed E-state index contributed by atoms with van der Waals surface area (Å²) >= 11 is 5.91. The molecule has 2 aromatic carbocycles. The standard InChI is InChI=1S/C19H23ClN2O4S/c1-13(2)9-10-21-27(24,25)16-7-8-18(26-3)17(12-16)22-19(23)14-5-4-6-15(20)11-14/h4-8,11-13,21H,9-10H2,1-3H3,(H,22,23). The van der Waals surface area contributed by atoms with Crippen LogP contribution in [0.1, 0.15) is 30.6 Å². The summed E-state index contributed by atoms with van der Waals surface area (Å²) in [6.45, 7) is 4.38. The number of methoxy groups -OCH3 is 1. The number of carbonyl (C=O) groups excluding carboxylic acids is 1. The Kier molecular flexibility index (Phi) is 7.24. The molecule has 2 N–H and O–H groups in total. The molecule has 0 unspecified atom stereocenters. The molecule has 2 rings (SSSR count). The highest BCUT2D eigenvalue weighted by Gasteiger charge is 2.18. The van der Waals surface area contributed by atoms with Gasteiger partial charge in [-0.25, -0.2) is 13.1 Å². The molecular weight excluding hydrogens is 388 g/mol. The molecule has 8 heteroatoms. The molecule has 0 radical (unpaired) electrons. The van der Waals surface area contributed by atoms with Gasteiger partial charge in [-0.3, -0.25) is 4.79 Å². The van der Waals surface area contributed by atoms with E-state index in [2.05, 4.69) is 10.0 Å². The van der Waals surface area contributed by atoms with Gasteiger partial charge in [0.25, 0.3) is 5.91 Å². The van der Waals surface area contributed by atoms with Crippen LogP contribution in [0.5, 0.6) is 5.75 Å². The molecule has 0 aliphatic rings. The summed E-state index contributed by atoms with van der Waals surface area (Å²) in [6.07, 6.45) is 0.730. The molecule has 0 atom stereocenters. The molecule has 2 aromatic rings. The van der Waals surface area contributed by atoms with Crippen molar-refractivity contribution in [3.63, 3.8) is 0 Å². The second kappa shape index (κ2) is 9.21. The van der Waals surface area contributed by atoms with Gasteiger partial charge in [-0.1, -0.05) is 31.5 Å². The molecule has 0 fully saturated rings. The second-order valence-electron chi connectivity index (χ2n) is 6.41. The van der Waals surface area contributed by atoms with Crippen molar-refractivity contribution < 1.29 is 17.9 Å². The summed E-state index contributed by atoms with van der Waals surface area (Å²) in [4.78, 5) is 12.5. The molecule has 0 spiro atoms. The highest BCUT2D eigenvalue weighted by molar-refractivity contribution is 7.89. The number of nitrogens with one attached hydrogen (secondary N) is 2. The number of hydrogen-bond acceptors (Lipinski definition) is 4. The van der Waals surface area contributed by atoms with Crippen LogP contribution in [-0.2, 0) is 10.0 Å². The molecule has 0 saturated heterocycles. The molecule has 0 aromatic heterocycles. The fourth-order valence-electron chi connectivity index (χ4n) is 2.34. The van der Waals surface area contributed by atoms with Crippen LogP contribution in [0.4, 0.5) is 5.69 Å². The van der Waals surface area contributed by atoms with Crippen LogP contribution in [-0.4, -0.2) is 28.0 Å². The zero-order chi connectivity index (χ0) is 20.0. The first kappa shape index (κ1) is 21.2. The molecule has 27 heavy (non-hydrogen) atoms. The smallest absolute Gasteiger partial charge is 0.255 e. The van der Waals surface area contributed by atoms with Crippen molar-refractivity contribution in [2.75, 3.05) is 19.0 Å². The number of benzene rings is 2. The number of rotatable bonds is 8. The Morgan fingerprint density at radius 2 is 1.93 bits per heavy atom. The first-order chi connectivity index (χ1) is 12.7. The van der Waals surface area contributed by atoms with Crippen molar-refractivity contribution in [2.24, 2.45) is 5.92 Å². The molecule has 0 bridgehead atoms. The lowest BCUT2D eigenvalue weighted by Gasteiger charge is -2.13. The summed E-state index contributed by atoms with van der Waals surface area (Å²) in [5.41, 5.74) is 0.613. The molecular formula is C19H23ClN2O4S. The number of carbonyl (C=O) groups is 1. The average Bonchev–Trinajstić information content (AvgIpc) is 2.61. The van der Waals surface area contributed by atoms with E-state index in [1.54, 1.807) is 18.2 Å². The van der Waals surface area contributed by atoms with Crippen molar-refractivity contribution in [2.45, 2.75) is 25.2 Å². The lowest BCUT2D eigenvalue weighted by Crippen LogP contribution is -2.25. The van der Waals surface area contributed by atoms with E-state index in [-0.39, 0.29) is 10.6 Å². The molecule has 0 heterocycles. The Hall–Kier alpha value is -2.09. The van der Waals surface area contributed by atoms with Gasteiger partial charge in [0.15, 0.2) is 0 Å². The maximum atomic E-state index is 12.5. The normalized spacial score (nSPS) is 11.4.